The zero-order valence-electron chi connectivity index (χ0n) is 17.3. The van der Waals surface area contributed by atoms with Crippen molar-refractivity contribution in [3.05, 3.63) is 12.7 Å². The van der Waals surface area contributed by atoms with Gasteiger partial charge in [0.1, 0.15) is 30.8 Å². The Kier molecular flexibility index (Phi) is 5.78. The van der Waals surface area contributed by atoms with Gasteiger partial charge in [0, 0.05) is 6.04 Å². The first-order chi connectivity index (χ1) is 15.1. The van der Waals surface area contributed by atoms with Gasteiger partial charge < -0.3 is 20.3 Å². The van der Waals surface area contributed by atoms with E-state index in [2.05, 4.69) is 32.1 Å². The number of aliphatic hydroxyl groups is 2. The van der Waals surface area contributed by atoms with Crippen molar-refractivity contribution in [3.63, 3.8) is 0 Å². The van der Waals surface area contributed by atoms with E-state index in [1.807, 2.05) is 0 Å². The van der Waals surface area contributed by atoms with Crippen molar-refractivity contribution in [2.24, 2.45) is 5.92 Å². The number of imidazole rings is 1. The second kappa shape index (κ2) is 8.69. The molecule has 2 aromatic rings. The molecule has 0 spiro atoms. The molecule has 3 aliphatic rings. The van der Waals surface area contributed by atoms with Crippen molar-refractivity contribution < 1.29 is 19.3 Å². The third-order valence-corrected chi connectivity index (χ3v) is 6.66. The van der Waals surface area contributed by atoms with E-state index >= 15 is 0 Å². The number of anilines is 1. The van der Waals surface area contributed by atoms with Gasteiger partial charge in [-0.15, -0.1) is 0 Å². The van der Waals surface area contributed by atoms with Crippen LogP contribution < -0.4 is 5.32 Å². The molecule has 9 heteroatoms. The molecule has 1 saturated heterocycles. The maximum absolute atomic E-state index is 14.1. The fourth-order valence-corrected chi connectivity index (χ4v) is 4.85. The molecule has 8 nitrogen and oxygen atoms in total. The molecule has 1 aliphatic heterocycles. The van der Waals surface area contributed by atoms with E-state index in [4.69, 9.17) is 4.74 Å². The molecule has 31 heavy (non-hydrogen) atoms. The molecular formula is C22H28FN5O3. The summed E-state index contributed by atoms with van der Waals surface area (Å²) in [4.78, 5) is 13.1. The monoisotopic (exact) mass is 429 g/mol. The fourth-order valence-electron chi connectivity index (χ4n) is 4.85. The van der Waals surface area contributed by atoms with Crippen molar-refractivity contribution in [3.8, 4) is 11.8 Å². The molecule has 0 aromatic carbocycles. The predicted octanol–water partition coefficient (Wildman–Crippen LogP) is 2.33. The molecule has 5 rings (SSSR count). The van der Waals surface area contributed by atoms with Crippen LogP contribution in [0.15, 0.2) is 12.7 Å². The SMILES string of the molecule is O[C@@H]1[C@H](O)[C@@H](C#CC2CCCCC2F)O[C@H]1n1cnc2c(NC3CCCC3)ncnc21. The Morgan fingerprint density at radius 3 is 2.58 bits per heavy atom. The Morgan fingerprint density at radius 1 is 1.00 bits per heavy atom. The first-order valence-electron chi connectivity index (χ1n) is 11.2. The van der Waals surface area contributed by atoms with Crippen molar-refractivity contribution in [1.82, 2.24) is 19.5 Å². The molecule has 0 radical (unpaired) electrons. The molecule has 2 aromatic heterocycles. The van der Waals surface area contributed by atoms with Gasteiger partial charge in [-0.25, -0.2) is 19.3 Å². The molecule has 2 unspecified atom stereocenters. The minimum Gasteiger partial charge on any atom is -0.386 e. The number of hydrogen-bond acceptors (Lipinski definition) is 7. The Labute approximate surface area is 180 Å². The largest absolute Gasteiger partial charge is 0.386 e. The summed E-state index contributed by atoms with van der Waals surface area (Å²) in [5.74, 6) is 6.11. The van der Waals surface area contributed by atoms with Gasteiger partial charge in [-0.2, -0.15) is 0 Å². The predicted molar refractivity (Wildman–Crippen MR) is 112 cm³/mol. The molecule has 0 amide bonds. The van der Waals surface area contributed by atoms with Gasteiger partial charge in [-0.05, 0) is 25.7 Å². The summed E-state index contributed by atoms with van der Waals surface area (Å²) in [6, 6.07) is 0.372. The maximum atomic E-state index is 14.1. The van der Waals surface area contributed by atoms with Crippen LogP contribution in [0.25, 0.3) is 11.2 Å². The summed E-state index contributed by atoms with van der Waals surface area (Å²) in [5, 5.41) is 24.6. The van der Waals surface area contributed by atoms with Gasteiger partial charge >= 0.3 is 0 Å². The van der Waals surface area contributed by atoms with Gasteiger partial charge in [0.25, 0.3) is 0 Å². The number of halogens is 1. The summed E-state index contributed by atoms with van der Waals surface area (Å²) in [7, 11) is 0. The summed E-state index contributed by atoms with van der Waals surface area (Å²) < 4.78 is 21.6. The van der Waals surface area contributed by atoms with E-state index in [-0.39, 0.29) is 5.92 Å². The minimum absolute atomic E-state index is 0.341. The van der Waals surface area contributed by atoms with Gasteiger partial charge in [-0.1, -0.05) is 37.5 Å². The molecule has 166 valence electrons. The van der Waals surface area contributed by atoms with Crippen LogP contribution in [0.3, 0.4) is 0 Å². The lowest BCUT2D eigenvalue weighted by Gasteiger charge is -2.21. The lowest BCUT2D eigenvalue weighted by Crippen LogP contribution is -2.31. The summed E-state index contributed by atoms with van der Waals surface area (Å²) in [5.41, 5.74) is 1.10. The second-order valence-corrected chi connectivity index (χ2v) is 8.80. The minimum atomic E-state index is -1.20. The van der Waals surface area contributed by atoms with Crippen LogP contribution in [0.4, 0.5) is 10.2 Å². The molecule has 2 aliphatic carbocycles. The lowest BCUT2D eigenvalue weighted by atomic mass is 9.88. The number of aliphatic hydroxyl groups excluding tert-OH is 2. The first kappa shape index (κ1) is 20.6. The van der Waals surface area contributed by atoms with E-state index in [9.17, 15) is 14.6 Å². The standard InChI is InChI=1S/C22H28FN5O3/c23-15-8-4-1-5-13(15)9-10-16-18(29)19(30)22(31-16)28-12-26-17-20(24-11-25-21(17)28)27-14-6-2-3-7-14/h11-16,18-19,22,29-30H,1-8H2,(H,24,25,27)/t13?,15?,16-,18-,19-,22-/m1/s1. The Balaban J connectivity index is 1.36. The van der Waals surface area contributed by atoms with Crippen LogP contribution in [0.5, 0.6) is 0 Å². The topological polar surface area (TPSA) is 105 Å². The first-order valence-corrected chi connectivity index (χ1v) is 11.2. The van der Waals surface area contributed by atoms with E-state index in [1.54, 1.807) is 4.57 Å². The highest BCUT2D eigenvalue weighted by Gasteiger charge is 2.44. The van der Waals surface area contributed by atoms with Crippen LogP contribution in [0, 0.1) is 17.8 Å². The molecule has 3 N–H and O–H groups in total. The molecule has 3 heterocycles. The van der Waals surface area contributed by atoms with Gasteiger partial charge in [0.2, 0.25) is 0 Å². The number of nitrogens with zero attached hydrogens (tertiary/aromatic N) is 4. The van der Waals surface area contributed by atoms with E-state index in [0.29, 0.717) is 35.9 Å². The number of rotatable bonds is 3. The number of fused-ring (bicyclic) bond motifs is 1. The zero-order chi connectivity index (χ0) is 21.4. The van der Waals surface area contributed by atoms with Crippen molar-refractivity contribution in [2.45, 2.75) is 88.1 Å². The zero-order valence-corrected chi connectivity index (χ0v) is 17.3. The third-order valence-electron chi connectivity index (χ3n) is 6.66. The lowest BCUT2D eigenvalue weighted by molar-refractivity contribution is -0.0231. The molecule has 3 fully saturated rings. The van der Waals surface area contributed by atoms with Gasteiger partial charge in [-0.3, -0.25) is 4.57 Å². The van der Waals surface area contributed by atoms with Crippen molar-refractivity contribution in [2.75, 3.05) is 5.32 Å². The highest BCUT2D eigenvalue weighted by molar-refractivity contribution is 5.82. The second-order valence-electron chi connectivity index (χ2n) is 8.80. The molecule has 2 saturated carbocycles. The number of alkyl halides is 1. The van der Waals surface area contributed by atoms with Gasteiger partial charge in [0.15, 0.2) is 23.2 Å². The highest BCUT2D eigenvalue weighted by Crippen LogP contribution is 2.33. The average molecular weight is 429 g/mol. The normalized spacial score (nSPS) is 34.0. The highest BCUT2D eigenvalue weighted by atomic mass is 19.1. The Morgan fingerprint density at radius 2 is 1.77 bits per heavy atom. The summed E-state index contributed by atoms with van der Waals surface area (Å²) in [6.07, 6.45) is 5.54. The third kappa shape index (κ3) is 4.00. The molecule has 0 bridgehead atoms. The number of nitrogens with one attached hydrogen (secondary N) is 1. The molecular weight excluding hydrogens is 401 g/mol. The Bertz CT molecular complexity index is 982. The van der Waals surface area contributed by atoms with Gasteiger partial charge in [0.05, 0.1) is 12.2 Å². The van der Waals surface area contributed by atoms with Crippen LogP contribution in [-0.2, 0) is 4.74 Å². The van der Waals surface area contributed by atoms with E-state index < -0.39 is 30.7 Å². The summed E-state index contributed by atoms with van der Waals surface area (Å²) >= 11 is 0. The number of aromatic nitrogens is 4. The molecule has 6 atom stereocenters. The van der Waals surface area contributed by atoms with Crippen molar-refractivity contribution >= 4 is 17.0 Å². The smallest absolute Gasteiger partial charge is 0.167 e. The Hall–Kier alpha value is -2.28. The number of ether oxygens (including phenoxy) is 1. The van der Waals surface area contributed by atoms with Crippen LogP contribution in [-0.4, -0.2) is 60.3 Å². The van der Waals surface area contributed by atoms with E-state index in [0.717, 1.165) is 25.7 Å². The maximum Gasteiger partial charge on any atom is 0.167 e. The average Bonchev–Trinajstić information content (AvgIpc) is 3.50. The fraction of sp³-hybridized carbons (Fsp3) is 0.682. The van der Waals surface area contributed by atoms with Crippen LogP contribution in [0.1, 0.15) is 57.6 Å². The number of hydrogen-bond donors (Lipinski definition) is 3. The van der Waals surface area contributed by atoms with Crippen LogP contribution in [0.2, 0.25) is 0 Å². The van der Waals surface area contributed by atoms with E-state index in [1.165, 1.54) is 25.5 Å². The quantitative estimate of drug-likeness (QED) is 0.643. The van der Waals surface area contributed by atoms with Crippen LogP contribution >= 0.6 is 0 Å². The van der Waals surface area contributed by atoms with Crippen molar-refractivity contribution in [1.29, 1.82) is 0 Å². The summed E-state index contributed by atoms with van der Waals surface area (Å²) in [6.45, 7) is 0.